The first kappa shape index (κ1) is 9.00. The molecule has 0 saturated carbocycles. The molecule has 0 atom stereocenters. The maximum absolute atomic E-state index is 4.51. The number of aryl methyl sites for hydroxylation is 3. The lowest BCUT2D eigenvalue weighted by Crippen LogP contribution is -2.05. The maximum atomic E-state index is 4.51. The van der Waals surface area contributed by atoms with Crippen molar-refractivity contribution in [2.24, 2.45) is 0 Å². The summed E-state index contributed by atoms with van der Waals surface area (Å²) in [6.07, 6.45) is 2.26. The molecule has 3 heteroatoms. The molecule has 0 saturated heterocycles. The Morgan fingerprint density at radius 1 is 1.08 bits per heavy atom. The lowest BCUT2D eigenvalue weighted by Gasteiger charge is -2.07. The minimum absolute atomic E-state index is 0.920. The van der Waals surface area contributed by atoms with Crippen molar-refractivity contribution in [2.75, 3.05) is 11.5 Å². The molecular weight excluding hydrogens is 180 g/mol. The van der Waals surface area contributed by atoms with Gasteiger partial charge in [0.15, 0.2) is 0 Å². The summed E-state index contributed by atoms with van der Waals surface area (Å²) < 4.78 is 0. The standard InChI is InChI=1S/C10H14N2S/c1-7-9-3-5-13-6-4-10(9)12-8(2)11-7/h3-6H2,1-2H3. The van der Waals surface area contributed by atoms with E-state index in [1.165, 1.54) is 28.5 Å². The van der Waals surface area contributed by atoms with Crippen LogP contribution < -0.4 is 0 Å². The second kappa shape index (κ2) is 3.66. The summed E-state index contributed by atoms with van der Waals surface area (Å²) in [5.74, 6) is 3.35. The third kappa shape index (κ3) is 1.85. The fraction of sp³-hybridized carbons (Fsp3) is 0.600. The Morgan fingerprint density at radius 3 is 2.69 bits per heavy atom. The van der Waals surface area contributed by atoms with E-state index in [-0.39, 0.29) is 0 Å². The third-order valence-electron chi connectivity index (χ3n) is 2.39. The van der Waals surface area contributed by atoms with Gasteiger partial charge in [0.05, 0.1) is 0 Å². The van der Waals surface area contributed by atoms with Crippen LogP contribution in [0.5, 0.6) is 0 Å². The van der Waals surface area contributed by atoms with Gasteiger partial charge in [-0.15, -0.1) is 0 Å². The molecule has 13 heavy (non-hydrogen) atoms. The van der Waals surface area contributed by atoms with E-state index in [4.69, 9.17) is 0 Å². The van der Waals surface area contributed by atoms with Crippen LogP contribution in [-0.4, -0.2) is 21.5 Å². The van der Waals surface area contributed by atoms with Gasteiger partial charge in [-0.25, -0.2) is 9.97 Å². The van der Waals surface area contributed by atoms with Gasteiger partial charge >= 0.3 is 0 Å². The lowest BCUT2D eigenvalue weighted by atomic mass is 10.1. The Labute approximate surface area is 83.2 Å². The van der Waals surface area contributed by atoms with Gasteiger partial charge in [0.2, 0.25) is 0 Å². The Kier molecular flexibility index (Phi) is 2.54. The lowest BCUT2D eigenvalue weighted by molar-refractivity contribution is 0.887. The minimum Gasteiger partial charge on any atom is -0.238 e. The summed E-state index contributed by atoms with van der Waals surface area (Å²) in [5, 5.41) is 0. The number of hydrogen-bond donors (Lipinski definition) is 0. The van der Waals surface area contributed by atoms with E-state index >= 15 is 0 Å². The Bertz CT molecular complexity index is 323. The van der Waals surface area contributed by atoms with Crippen molar-refractivity contribution in [3.63, 3.8) is 0 Å². The molecule has 0 N–H and O–H groups in total. The monoisotopic (exact) mass is 194 g/mol. The van der Waals surface area contributed by atoms with E-state index in [0.717, 1.165) is 18.7 Å². The van der Waals surface area contributed by atoms with Crippen molar-refractivity contribution in [1.29, 1.82) is 0 Å². The first-order valence-electron chi connectivity index (χ1n) is 4.68. The first-order valence-corrected chi connectivity index (χ1v) is 5.83. The van der Waals surface area contributed by atoms with Crippen molar-refractivity contribution in [3.8, 4) is 0 Å². The predicted octanol–water partition coefficient (Wildman–Crippen LogP) is 1.93. The summed E-state index contributed by atoms with van der Waals surface area (Å²) in [6, 6.07) is 0. The summed E-state index contributed by atoms with van der Waals surface area (Å²) in [7, 11) is 0. The van der Waals surface area contributed by atoms with E-state index in [0.29, 0.717) is 0 Å². The number of thioether (sulfide) groups is 1. The van der Waals surface area contributed by atoms with Crippen LogP contribution in [0.1, 0.15) is 22.8 Å². The molecule has 2 rings (SSSR count). The second-order valence-corrected chi connectivity index (χ2v) is 4.62. The zero-order valence-electron chi connectivity index (χ0n) is 8.13. The molecule has 1 aliphatic rings. The molecule has 0 fully saturated rings. The highest BCUT2D eigenvalue weighted by atomic mass is 32.2. The summed E-state index contributed by atoms with van der Waals surface area (Å²) >= 11 is 2.02. The van der Waals surface area contributed by atoms with Gasteiger partial charge in [-0.2, -0.15) is 11.8 Å². The number of aromatic nitrogens is 2. The van der Waals surface area contributed by atoms with Crippen molar-refractivity contribution in [2.45, 2.75) is 26.7 Å². The number of hydrogen-bond acceptors (Lipinski definition) is 3. The molecule has 2 heterocycles. The Balaban J connectivity index is 2.47. The Hall–Kier alpha value is -0.570. The third-order valence-corrected chi connectivity index (χ3v) is 3.38. The zero-order valence-corrected chi connectivity index (χ0v) is 8.95. The van der Waals surface area contributed by atoms with Crippen LogP contribution in [0.2, 0.25) is 0 Å². The molecule has 1 aromatic heterocycles. The molecule has 0 bridgehead atoms. The summed E-state index contributed by atoms with van der Waals surface area (Å²) in [4.78, 5) is 8.92. The quantitative estimate of drug-likeness (QED) is 0.631. The topological polar surface area (TPSA) is 25.8 Å². The van der Waals surface area contributed by atoms with Crippen LogP contribution in [0.15, 0.2) is 0 Å². The second-order valence-electron chi connectivity index (χ2n) is 3.39. The highest BCUT2D eigenvalue weighted by Gasteiger charge is 2.12. The van der Waals surface area contributed by atoms with Crippen LogP contribution in [0.4, 0.5) is 0 Å². The van der Waals surface area contributed by atoms with E-state index in [1.807, 2.05) is 18.7 Å². The fourth-order valence-corrected chi connectivity index (χ4v) is 2.67. The molecule has 0 unspecified atom stereocenters. The van der Waals surface area contributed by atoms with Gasteiger partial charge in [0.1, 0.15) is 5.82 Å². The van der Waals surface area contributed by atoms with Gasteiger partial charge < -0.3 is 0 Å². The van der Waals surface area contributed by atoms with Crippen molar-refractivity contribution in [1.82, 2.24) is 9.97 Å². The van der Waals surface area contributed by atoms with Crippen molar-refractivity contribution >= 4 is 11.8 Å². The van der Waals surface area contributed by atoms with Gasteiger partial charge in [-0.1, -0.05) is 0 Å². The Morgan fingerprint density at radius 2 is 1.85 bits per heavy atom. The van der Waals surface area contributed by atoms with E-state index in [9.17, 15) is 0 Å². The summed E-state index contributed by atoms with van der Waals surface area (Å²) in [6.45, 7) is 4.08. The minimum atomic E-state index is 0.920. The number of fused-ring (bicyclic) bond motifs is 1. The molecular formula is C10H14N2S. The normalized spacial score (nSPS) is 16.5. The average molecular weight is 194 g/mol. The molecule has 1 aliphatic heterocycles. The van der Waals surface area contributed by atoms with Gasteiger partial charge in [-0.3, -0.25) is 0 Å². The van der Waals surface area contributed by atoms with Crippen LogP contribution in [0.25, 0.3) is 0 Å². The molecule has 0 aromatic carbocycles. The number of nitrogens with zero attached hydrogens (tertiary/aromatic N) is 2. The fourth-order valence-electron chi connectivity index (χ4n) is 1.78. The highest BCUT2D eigenvalue weighted by Crippen LogP contribution is 2.20. The van der Waals surface area contributed by atoms with Gasteiger partial charge in [0.25, 0.3) is 0 Å². The maximum Gasteiger partial charge on any atom is 0.125 e. The van der Waals surface area contributed by atoms with Gasteiger partial charge in [0, 0.05) is 11.4 Å². The largest absolute Gasteiger partial charge is 0.238 e. The van der Waals surface area contributed by atoms with Crippen LogP contribution in [0, 0.1) is 13.8 Å². The van der Waals surface area contributed by atoms with E-state index in [2.05, 4.69) is 16.9 Å². The van der Waals surface area contributed by atoms with Gasteiger partial charge in [-0.05, 0) is 43.8 Å². The average Bonchev–Trinajstić information content (AvgIpc) is 2.28. The zero-order chi connectivity index (χ0) is 9.26. The molecule has 70 valence electrons. The van der Waals surface area contributed by atoms with E-state index in [1.54, 1.807) is 0 Å². The van der Waals surface area contributed by atoms with Crippen LogP contribution >= 0.6 is 11.8 Å². The van der Waals surface area contributed by atoms with Crippen LogP contribution in [0.3, 0.4) is 0 Å². The molecule has 0 aliphatic carbocycles. The molecule has 0 spiro atoms. The summed E-state index contributed by atoms with van der Waals surface area (Å²) in [5.41, 5.74) is 3.87. The van der Waals surface area contributed by atoms with Crippen molar-refractivity contribution < 1.29 is 0 Å². The molecule has 0 radical (unpaired) electrons. The van der Waals surface area contributed by atoms with Crippen LogP contribution in [-0.2, 0) is 12.8 Å². The highest BCUT2D eigenvalue weighted by molar-refractivity contribution is 7.99. The predicted molar refractivity (Wildman–Crippen MR) is 56.2 cm³/mol. The molecule has 2 nitrogen and oxygen atoms in total. The molecule has 1 aromatic rings. The smallest absolute Gasteiger partial charge is 0.125 e. The van der Waals surface area contributed by atoms with E-state index < -0.39 is 0 Å². The van der Waals surface area contributed by atoms with Crippen molar-refractivity contribution in [3.05, 3.63) is 22.8 Å². The molecule has 0 amide bonds. The SMILES string of the molecule is Cc1nc(C)c2c(n1)CCSCC2. The number of rotatable bonds is 0. The first-order chi connectivity index (χ1) is 6.27.